The largest absolute Gasteiger partial charge is 0.489 e. The Balaban J connectivity index is 1.67. The molecule has 4 rings (SSSR count). The Hall–Kier alpha value is -1.69. The molecule has 2 aliphatic carbocycles. The smallest absolute Gasteiger partial charge is 0.261 e. The van der Waals surface area contributed by atoms with Crippen molar-refractivity contribution in [3.8, 4) is 5.75 Å². The predicted molar refractivity (Wildman–Crippen MR) is 99.5 cm³/mol. The molecular weight excluding hydrogens is 401 g/mol. The predicted octanol–water partition coefficient (Wildman–Crippen LogP) is 4.90. The summed E-state index contributed by atoms with van der Waals surface area (Å²) in [6.07, 6.45) is 6.21. The number of amides is 2. The fraction of sp³-hybridized carbons (Fsp3) is 0.500. The summed E-state index contributed by atoms with van der Waals surface area (Å²) in [5.74, 6) is -0.465. The number of imide groups is 1. The van der Waals surface area contributed by atoms with Crippen molar-refractivity contribution in [1.29, 1.82) is 0 Å². The van der Waals surface area contributed by atoms with E-state index in [1.807, 2.05) is 0 Å². The summed E-state index contributed by atoms with van der Waals surface area (Å²) in [5.41, 5.74) is 1.09. The molecule has 138 valence electrons. The van der Waals surface area contributed by atoms with Crippen molar-refractivity contribution < 1.29 is 18.7 Å². The van der Waals surface area contributed by atoms with Gasteiger partial charge in [-0.1, -0.05) is 6.92 Å². The molecule has 1 saturated carbocycles. The third kappa shape index (κ3) is 2.88. The molecule has 1 fully saturated rings. The first-order valence-corrected chi connectivity index (χ1v) is 10.0. The van der Waals surface area contributed by atoms with E-state index in [-0.39, 0.29) is 23.6 Å². The van der Waals surface area contributed by atoms with Gasteiger partial charge >= 0.3 is 0 Å². The highest BCUT2D eigenvalue weighted by Crippen LogP contribution is 2.41. The standard InChI is InChI=1S/C20H21BrFNO3/c1-11-5-4-8-17(11)26-18-10-16(15(22)9-14(18)21)23-19(24)12-6-2-3-7-13(12)20(23)25/h9-11,17H,2-8H2,1H3. The molecule has 2 atom stereocenters. The summed E-state index contributed by atoms with van der Waals surface area (Å²) in [4.78, 5) is 26.4. The molecule has 0 saturated heterocycles. The Labute approximate surface area is 160 Å². The summed E-state index contributed by atoms with van der Waals surface area (Å²) < 4.78 is 21.2. The number of rotatable bonds is 3. The molecule has 26 heavy (non-hydrogen) atoms. The van der Waals surface area contributed by atoms with Crippen LogP contribution in [0.1, 0.15) is 51.9 Å². The van der Waals surface area contributed by atoms with Crippen molar-refractivity contribution in [2.45, 2.75) is 58.0 Å². The zero-order chi connectivity index (χ0) is 18.4. The molecule has 0 bridgehead atoms. The zero-order valence-electron chi connectivity index (χ0n) is 14.7. The van der Waals surface area contributed by atoms with Gasteiger partial charge in [0.1, 0.15) is 17.7 Å². The minimum Gasteiger partial charge on any atom is -0.489 e. The minimum absolute atomic E-state index is 0.0155. The average Bonchev–Trinajstić information content (AvgIpc) is 3.13. The van der Waals surface area contributed by atoms with Crippen LogP contribution >= 0.6 is 15.9 Å². The number of nitrogens with zero attached hydrogens (tertiary/aromatic N) is 1. The Kier molecular flexibility index (Phi) is 4.63. The van der Waals surface area contributed by atoms with Crippen molar-refractivity contribution in [3.63, 3.8) is 0 Å². The molecule has 4 nitrogen and oxygen atoms in total. The van der Waals surface area contributed by atoms with Gasteiger partial charge in [0.25, 0.3) is 11.8 Å². The third-order valence-electron chi connectivity index (χ3n) is 5.69. The Bertz CT molecular complexity index is 792. The second-order valence-electron chi connectivity index (χ2n) is 7.41. The van der Waals surface area contributed by atoms with E-state index in [1.54, 1.807) is 0 Å². The van der Waals surface area contributed by atoms with Crippen LogP contribution in [0.4, 0.5) is 10.1 Å². The highest BCUT2D eigenvalue weighted by atomic mass is 79.9. The number of hydrogen-bond acceptors (Lipinski definition) is 3. The van der Waals surface area contributed by atoms with Crippen LogP contribution in [0.15, 0.2) is 27.8 Å². The number of ether oxygens (including phenoxy) is 1. The van der Waals surface area contributed by atoms with E-state index in [9.17, 15) is 14.0 Å². The molecule has 0 radical (unpaired) electrons. The Morgan fingerprint density at radius 2 is 1.73 bits per heavy atom. The van der Waals surface area contributed by atoms with Crippen LogP contribution in [0.3, 0.4) is 0 Å². The number of anilines is 1. The van der Waals surface area contributed by atoms with Crippen molar-refractivity contribution in [2.75, 3.05) is 4.90 Å². The molecule has 2 amide bonds. The van der Waals surface area contributed by atoms with E-state index < -0.39 is 5.82 Å². The third-order valence-corrected chi connectivity index (χ3v) is 6.31. The lowest BCUT2D eigenvalue weighted by Crippen LogP contribution is -2.32. The van der Waals surface area contributed by atoms with Crippen molar-refractivity contribution in [1.82, 2.24) is 0 Å². The van der Waals surface area contributed by atoms with Crippen LogP contribution in [0.5, 0.6) is 5.75 Å². The lowest BCUT2D eigenvalue weighted by molar-refractivity contribution is -0.120. The van der Waals surface area contributed by atoms with E-state index in [1.165, 1.54) is 12.1 Å². The summed E-state index contributed by atoms with van der Waals surface area (Å²) in [6, 6.07) is 2.76. The van der Waals surface area contributed by atoms with E-state index in [0.717, 1.165) is 37.0 Å². The van der Waals surface area contributed by atoms with E-state index >= 15 is 0 Å². The van der Waals surface area contributed by atoms with Crippen LogP contribution in [-0.2, 0) is 9.59 Å². The van der Waals surface area contributed by atoms with Gasteiger partial charge in [0, 0.05) is 17.2 Å². The van der Waals surface area contributed by atoms with E-state index in [4.69, 9.17) is 4.74 Å². The maximum absolute atomic E-state index is 14.6. The summed E-state index contributed by atoms with van der Waals surface area (Å²) in [7, 11) is 0. The molecule has 0 spiro atoms. The van der Waals surface area contributed by atoms with E-state index in [0.29, 0.717) is 40.1 Å². The summed E-state index contributed by atoms with van der Waals surface area (Å²) >= 11 is 3.34. The quantitative estimate of drug-likeness (QED) is 0.651. The highest BCUT2D eigenvalue weighted by Gasteiger charge is 2.41. The first kappa shape index (κ1) is 17.7. The van der Waals surface area contributed by atoms with Gasteiger partial charge in [-0.15, -0.1) is 0 Å². The lowest BCUT2D eigenvalue weighted by Gasteiger charge is -2.22. The fourth-order valence-corrected chi connectivity index (χ4v) is 4.60. The Morgan fingerprint density at radius 3 is 2.31 bits per heavy atom. The molecule has 1 aromatic carbocycles. The number of benzene rings is 1. The van der Waals surface area contributed by atoms with Gasteiger partial charge in [0.2, 0.25) is 0 Å². The van der Waals surface area contributed by atoms with Crippen LogP contribution < -0.4 is 9.64 Å². The van der Waals surface area contributed by atoms with Crippen molar-refractivity contribution in [2.24, 2.45) is 5.92 Å². The van der Waals surface area contributed by atoms with E-state index in [2.05, 4.69) is 22.9 Å². The van der Waals surface area contributed by atoms with Crippen molar-refractivity contribution in [3.05, 3.63) is 33.6 Å². The molecule has 0 N–H and O–H groups in total. The van der Waals surface area contributed by atoms with Gasteiger partial charge in [-0.3, -0.25) is 9.59 Å². The molecule has 6 heteroatoms. The SMILES string of the molecule is CC1CCCC1Oc1cc(N2C(=O)C3=C(CCCC3)C2=O)c(F)cc1Br. The molecule has 1 heterocycles. The van der Waals surface area contributed by atoms with Gasteiger partial charge in [-0.05, 0) is 72.9 Å². The summed E-state index contributed by atoms with van der Waals surface area (Å²) in [6.45, 7) is 2.14. The number of halogens is 2. The second-order valence-corrected chi connectivity index (χ2v) is 8.26. The van der Waals surface area contributed by atoms with Crippen LogP contribution in [0.2, 0.25) is 0 Å². The molecule has 1 aromatic rings. The minimum atomic E-state index is -0.606. The molecule has 1 aliphatic heterocycles. The van der Waals surface area contributed by atoms with Crippen LogP contribution in [0.25, 0.3) is 0 Å². The maximum atomic E-state index is 14.6. The van der Waals surface area contributed by atoms with Gasteiger partial charge in [0.15, 0.2) is 0 Å². The number of hydrogen-bond donors (Lipinski definition) is 0. The molecular formula is C20H21BrFNO3. The Morgan fingerprint density at radius 1 is 1.08 bits per heavy atom. The summed E-state index contributed by atoms with van der Waals surface area (Å²) in [5, 5.41) is 0. The van der Waals surface area contributed by atoms with Crippen molar-refractivity contribution >= 4 is 33.4 Å². The second kappa shape index (κ2) is 6.80. The van der Waals surface area contributed by atoms with Crippen LogP contribution in [-0.4, -0.2) is 17.9 Å². The number of carbonyl (C=O) groups is 2. The first-order valence-electron chi connectivity index (χ1n) is 9.24. The zero-order valence-corrected chi connectivity index (χ0v) is 16.3. The number of carbonyl (C=O) groups excluding carboxylic acids is 2. The van der Waals surface area contributed by atoms with Gasteiger partial charge in [-0.2, -0.15) is 0 Å². The van der Waals surface area contributed by atoms with Crippen LogP contribution in [0, 0.1) is 11.7 Å². The van der Waals surface area contributed by atoms with Gasteiger partial charge < -0.3 is 4.74 Å². The monoisotopic (exact) mass is 421 g/mol. The van der Waals surface area contributed by atoms with Gasteiger partial charge in [0.05, 0.1) is 10.2 Å². The fourth-order valence-electron chi connectivity index (χ4n) is 4.19. The molecule has 3 aliphatic rings. The first-order chi connectivity index (χ1) is 12.5. The van der Waals surface area contributed by atoms with Gasteiger partial charge in [-0.25, -0.2) is 9.29 Å². The maximum Gasteiger partial charge on any atom is 0.261 e. The average molecular weight is 422 g/mol. The molecule has 0 aromatic heterocycles. The topological polar surface area (TPSA) is 46.6 Å². The normalized spacial score (nSPS) is 25.9. The highest BCUT2D eigenvalue weighted by molar-refractivity contribution is 9.10. The molecule has 2 unspecified atom stereocenters. The lowest BCUT2D eigenvalue weighted by atomic mass is 9.93.